The van der Waals surface area contributed by atoms with Crippen molar-refractivity contribution in [1.29, 1.82) is 0 Å². The molecule has 3 rings (SSSR count). The lowest BCUT2D eigenvalue weighted by atomic mass is 10.1. The van der Waals surface area contributed by atoms with Crippen LogP contribution in [0.1, 0.15) is 17.4 Å². The van der Waals surface area contributed by atoms with E-state index in [0.717, 1.165) is 5.56 Å². The predicted molar refractivity (Wildman–Crippen MR) is 80.0 cm³/mol. The molecule has 0 radical (unpaired) electrons. The normalized spacial score (nSPS) is 18.2. The number of nitrogens with two attached hydrogens (primary N) is 1. The van der Waals surface area contributed by atoms with Crippen LogP contribution >= 0.6 is 11.6 Å². The largest absolute Gasteiger partial charge is 0.385 e. The van der Waals surface area contributed by atoms with Crippen molar-refractivity contribution < 1.29 is 4.79 Å². The number of hydrogen-bond donors (Lipinski definition) is 1. The van der Waals surface area contributed by atoms with E-state index in [1.54, 1.807) is 16.5 Å². The first-order valence-corrected chi connectivity index (χ1v) is 6.81. The van der Waals surface area contributed by atoms with Gasteiger partial charge in [0, 0.05) is 13.6 Å². The van der Waals surface area contributed by atoms with Gasteiger partial charge in [0.05, 0.1) is 6.20 Å². The molecule has 1 aliphatic rings. The summed E-state index contributed by atoms with van der Waals surface area (Å²) in [5.41, 5.74) is 6.92. The van der Waals surface area contributed by atoms with E-state index < -0.39 is 6.04 Å². The third-order valence-electron chi connectivity index (χ3n) is 3.47. The number of nitrogens with zero attached hydrogens (tertiary/aromatic N) is 4. The fourth-order valence-corrected chi connectivity index (χ4v) is 2.51. The summed E-state index contributed by atoms with van der Waals surface area (Å²) >= 11 is 6.02. The number of halogens is 1. The number of carbonyl (C=O) groups excluding carboxylic acids is 1. The molecule has 1 unspecified atom stereocenters. The maximum absolute atomic E-state index is 12.1. The molecule has 0 saturated heterocycles. The molecular formula is C14H14ClN5O. The van der Waals surface area contributed by atoms with Gasteiger partial charge in [0.15, 0.2) is 0 Å². The molecule has 0 spiro atoms. The van der Waals surface area contributed by atoms with E-state index in [0.29, 0.717) is 17.5 Å². The molecule has 6 nitrogen and oxygen atoms in total. The Morgan fingerprint density at radius 3 is 2.67 bits per heavy atom. The summed E-state index contributed by atoms with van der Waals surface area (Å²) in [5, 5.41) is 0.483. The molecule has 21 heavy (non-hydrogen) atoms. The first kappa shape index (κ1) is 13.6. The monoisotopic (exact) mass is 303 g/mol. The van der Waals surface area contributed by atoms with E-state index in [4.69, 9.17) is 17.3 Å². The lowest BCUT2D eigenvalue weighted by Crippen LogP contribution is -2.34. The summed E-state index contributed by atoms with van der Waals surface area (Å²) in [6.45, 7) is 0.416. The summed E-state index contributed by atoms with van der Waals surface area (Å²) in [6, 6.07) is 8.82. The van der Waals surface area contributed by atoms with Gasteiger partial charge in [0.2, 0.25) is 0 Å². The van der Waals surface area contributed by atoms with Gasteiger partial charge in [0.1, 0.15) is 22.9 Å². The van der Waals surface area contributed by atoms with Crippen LogP contribution in [-0.4, -0.2) is 26.3 Å². The Balaban J connectivity index is 1.95. The van der Waals surface area contributed by atoms with Crippen LogP contribution in [0.4, 0.5) is 4.79 Å². The van der Waals surface area contributed by atoms with E-state index in [9.17, 15) is 4.79 Å². The van der Waals surface area contributed by atoms with Crippen molar-refractivity contribution in [3.8, 4) is 0 Å². The molecule has 2 heterocycles. The number of aliphatic imine (C=N–C) groups is 1. The minimum atomic E-state index is -0.491. The minimum absolute atomic E-state index is 0.237. The van der Waals surface area contributed by atoms with Crippen LogP contribution < -0.4 is 5.73 Å². The lowest BCUT2D eigenvalue weighted by molar-refractivity contribution is 0.201. The molecule has 2 N–H and O–H groups in total. The van der Waals surface area contributed by atoms with Gasteiger partial charge in [-0.1, -0.05) is 41.9 Å². The van der Waals surface area contributed by atoms with Crippen LogP contribution in [-0.2, 0) is 13.6 Å². The summed E-state index contributed by atoms with van der Waals surface area (Å²) < 4.78 is 1.70. The molecule has 1 aromatic carbocycles. The van der Waals surface area contributed by atoms with Crippen molar-refractivity contribution >= 4 is 23.5 Å². The number of imidazole rings is 1. The van der Waals surface area contributed by atoms with Crippen molar-refractivity contribution in [2.24, 2.45) is 17.8 Å². The standard InChI is InChI=1S/C14H14ClN5O/c1-19-10(15)7-17-13(19)11-12(16)18-14(21)20(11)8-9-5-3-2-4-6-9/h2-7,11H,8H2,1H3,(H2,16,18,21). The molecule has 1 aliphatic heterocycles. The third kappa shape index (κ3) is 2.38. The second kappa shape index (κ2) is 5.21. The van der Waals surface area contributed by atoms with Gasteiger partial charge in [0.25, 0.3) is 0 Å². The van der Waals surface area contributed by atoms with Gasteiger partial charge >= 0.3 is 6.03 Å². The molecule has 2 amide bonds. The molecule has 0 aliphatic carbocycles. The van der Waals surface area contributed by atoms with Gasteiger partial charge in [-0.2, -0.15) is 4.99 Å². The number of urea groups is 1. The zero-order valence-corrected chi connectivity index (χ0v) is 12.2. The Morgan fingerprint density at radius 1 is 1.33 bits per heavy atom. The predicted octanol–water partition coefficient (Wildman–Crippen LogP) is 2.11. The van der Waals surface area contributed by atoms with Crippen LogP contribution in [0.5, 0.6) is 0 Å². The second-order valence-electron chi connectivity index (χ2n) is 4.83. The average molecular weight is 304 g/mol. The number of amidine groups is 1. The van der Waals surface area contributed by atoms with Crippen molar-refractivity contribution in [3.05, 3.63) is 53.1 Å². The van der Waals surface area contributed by atoms with Crippen LogP contribution in [0.15, 0.2) is 41.5 Å². The van der Waals surface area contributed by atoms with Crippen molar-refractivity contribution in [3.63, 3.8) is 0 Å². The highest BCUT2D eigenvalue weighted by Crippen LogP contribution is 2.28. The zero-order chi connectivity index (χ0) is 15.0. The second-order valence-corrected chi connectivity index (χ2v) is 5.22. The van der Waals surface area contributed by atoms with Crippen LogP contribution in [0, 0.1) is 0 Å². The maximum Gasteiger partial charge on any atom is 0.346 e. The Labute approximate surface area is 126 Å². The summed E-state index contributed by atoms with van der Waals surface area (Å²) in [4.78, 5) is 21.8. The number of benzene rings is 1. The first-order chi connectivity index (χ1) is 10.1. The molecule has 108 valence electrons. The highest BCUT2D eigenvalue weighted by molar-refractivity contribution is 6.29. The van der Waals surface area contributed by atoms with Gasteiger partial charge in [-0.15, -0.1) is 0 Å². The van der Waals surface area contributed by atoms with Gasteiger partial charge in [-0.05, 0) is 5.56 Å². The minimum Gasteiger partial charge on any atom is -0.385 e. The topological polar surface area (TPSA) is 76.5 Å². The molecule has 0 saturated carbocycles. The van der Waals surface area contributed by atoms with Crippen LogP contribution in [0.2, 0.25) is 5.15 Å². The number of rotatable bonds is 3. The van der Waals surface area contributed by atoms with E-state index in [1.807, 2.05) is 30.3 Å². The zero-order valence-electron chi connectivity index (χ0n) is 11.4. The van der Waals surface area contributed by atoms with Crippen molar-refractivity contribution in [2.75, 3.05) is 0 Å². The fourth-order valence-electron chi connectivity index (χ4n) is 2.37. The Hall–Kier alpha value is -2.34. The van der Waals surface area contributed by atoms with Crippen LogP contribution in [0.25, 0.3) is 0 Å². The van der Waals surface area contributed by atoms with E-state index >= 15 is 0 Å². The van der Waals surface area contributed by atoms with Gasteiger partial charge in [-0.3, -0.25) is 0 Å². The first-order valence-electron chi connectivity index (χ1n) is 6.43. The molecule has 7 heteroatoms. The highest BCUT2D eigenvalue weighted by atomic mass is 35.5. The maximum atomic E-state index is 12.1. The molecule has 2 aromatic rings. The van der Waals surface area contributed by atoms with Gasteiger partial charge in [-0.25, -0.2) is 9.78 Å². The number of carbonyl (C=O) groups is 1. The van der Waals surface area contributed by atoms with Crippen molar-refractivity contribution in [2.45, 2.75) is 12.6 Å². The Bertz CT molecular complexity index is 709. The number of amides is 2. The molecule has 1 aromatic heterocycles. The molecule has 0 fully saturated rings. The Kier molecular flexibility index (Phi) is 3.39. The molecular weight excluding hydrogens is 290 g/mol. The molecule has 1 atom stereocenters. The fraction of sp³-hybridized carbons (Fsp3) is 0.214. The SMILES string of the molecule is Cn1c(Cl)cnc1C1C(N)=NC(=O)N1Cc1ccccc1. The Morgan fingerprint density at radius 2 is 2.05 bits per heavy atom. The van der Waals surface area contributed by atoms with Crippen molar-refractivity contribution in [1.82, 2.24) is 14.5 Å². The number of hydrogen-bond acceptors (Lipinski definition) is 3. The van der Waals surface area contributed by atoms with E-state index in [2.05, 4.69) is 9.98 Å². The van der Waals surface area contributed by atoms with Gasteiger partial charge < -0.3 is 15.2 Å². The smallest absolute Gasteiger partial charge is 0.346 e. The summed E-state index contributed by atoms with van der Waals surface area (Å²) in [7, 11) is 1.78. The summed E-state index contributed by atoms with van der Waals surface area (Å²) in [6.07, 6.45) is 1.54. The number of aromatic nitrogens is 2. The summed E-state index contributed by atoms with van der Waals surface area (Å²) in [5.74, 6) is 0.837. The van der Waals surface area contributed by atoms with E-state index in [-0.39, 0.29) is 11.9 Å². The van der Waals surface area contributed by atoms with Crippen LogP contribution in [0.3, 0.4) is 0 Å². The molecule has 0 bridgehead atoms. The highest BCUT2D eigenvalue weighted by Gasteiger charge is 2.37. The quantitative estimate of drug-likeness (QED) is 0.943. The lowest BCUT2D eigenvalue weighted by Gasteiger charge is -2.23. The third-order valence-corrected chi connectivity index (χ3v) is 3.82. The van der Waals surface area contributed by atoms with E-state index in [1.165, 1.54) is 6.20 Å². The average Bonchev–Trinajstić information content (AvgIpc) is 2.93.